The lowest BCUT2D eigenvalue weighted by Gasteiger charge is -2.28. The first-order chi connectivity index (χ1) is 36.2. The number of anilines is 6. The zero-order valence-corrected chi connectivity index (χ0v) is 42.3. The van der Waals surface area contributed by atoms with Crippen molar-refractivity contribution >= 4 is 80.0 Å². The highest BCUT2D eigenvalue weighted by Gasteiger charge is 2.37. The molecule has 0 spiro atoms. The van der Waals surface area contributed by atoms with Crippen LogP contribution in [0.1, 0.15) is 72.2 Å². The monoisotopic (exact) mass is 948 g/mol. The van der Waals surface area contributed by atoms with E-state index in [9.17, 15) is 0 Å². The van der Waals surface area contributed by atoms with E-state index in [-0.39, 0.29) is 10.8 Å². The number of benzene rings is 11. The summed E-state index contributed by atoms with van der Waals surface area (Å²) in [5.41, 5.74) is 22.0. The first-order valence-corrected chi connectivity index (χ1v) is 25.9. The zero-order valence-electron chi connectivity index (χ0n) is 42.3. The Hall–Kier alpha value is -8.98. The Balaban J connectivity index is 0.727. The van der Waals surface area contributed by atoms with Gasteiger partial charge in [-0.25, -0.2) is 0 Å². The van der Waals surface area contributed by atoms with Gasteiger partial charge < -0.3 is 9.80 Å². The van der Waals surface area contributed by atoms with E-state index in [1.54, 1.807) is 0 Å². The van der Waals surface area contributed by atoms with Crippen molar-refractivity contribution in [1.82, 2.24) is 0 Å². The number of fused-ring (bicyclic) bond motifs is 8. The van der Waals surface area contributed by atoms with Gasteiger partial charge in [0.25, 0.3) is 0 Å². The van der Waals surface area contributed by atoms with Crippen LogP contribution in [0.3, 0.4) is 0 Å². The van der Waals surface area contributed by atoms with Crippen LogP contribution in [-0.4, -0.2) is 0 Å². The molecular formula is C72H56N2. The van der Waals surface area contributed by atoms with Crippen molar-refractivity contribution in [3.63, 3.8) is 0 Å². The van der Waals surface area contributed by atoms with Crippen LogP contribution in [0.4, 0.5) is 34.1 Å². The van der Waals surface area contributed by atoms with Crippen molar-refractivity contribution in [2.45, 2.75) is 38.5 Å². The molecule has 0 amide bonds. The number of para-hydroxylation sites is 2. The molecule has 0 unspecified atom stereocenters. The summed E-state index contributed by atoms with van der Waals surface area (Å²) in [5.74, 6) is 0. The predicted octanol–water partition coefficient (Wildman–Crippen LogP) is 19.9. The molecule has 74 heavy (non-hydrogen) atoms. The van der Waals surface area contributed by atoms with Gasteiger partial charge in [0.05, 0.1) is 0 Å². The minimum Gasteiger partial charge on any atom is -0.310 e. The maximum atomic E-state index is 2.43. The van der Waals surface area contributed by atoms with E-state index in [2.05, 4.69) is 304 Å². The third-order valence-electron chi connectivity index (χ3n) is 15.8. The Bertz CT molecular complexity index is 3890. The SMILES string of the molecule is CC1(C)c2cc(/C=C/c3ccc(/C=C/c4ccc5c(c4)C(C)(C)c4cc(N(c6ccc7ccccc7c6)c6ccc7ccccc7c6)ccc4-5)cc3)ccc2-c2ccc(N(c3ccccc3)c3ccccc3)cc21. The Morgan fingerprint density at radius 1 is 0.243 bits per heavy atom. The van der Waals surface area contributed by atoms with Crippen molar-refractivity contribution in [2.24, 2.45) is 0 Å². The predicted molar refractivity (Wildman–Crippen MR) is 317 cm³/mol. The van der Waals surface area contributed by atoms with Gasteiger partial charge in [-0.05, 0) is 161 Å². The largest absolute Gasteiger partial charge is 0.310 e. The van der Waals surface area contributed by atoms with E-state index < -0.39 is 0 Å². The molecule has 11 aromatic rings. The second-order valence-corrected chi connectivity index (χ2v) is 21.1. The van der Waals surface area contributed by atoms with Crippen LogP contribution in [-0.2, 0) is 10.8 Å². The van der Waals surface area contributed by atoms with Gasteiger partial charge in [0.1, 0.15) is 0 Å². The summed E-state index contributed by atoms with van der Waals surface area (Å²) in [6.07, 6.45) is 8.97. The van der Waals surface area contributed by atoms with Gasteiger partial charge in [0.15, 0.2) is 0 Å². The lowest BCUT2D eigenvalue weighted by molar-refractivity contribution is 0.660. The number of hydrogen-bond donors (Lipinski definition) is 0. The normalized spacial score (nSPS) is 13.8. The van der Waals surface area contributed by atoms with Gasteiger partial charge in [-0.15, -0.1) is 0 Å². The number of nitrogens with zero attached hydrogens (tertiary/aromatic N) is 2. The fourth-order valence-electron chi connectivity index (χ4n) is 11.8. The van der Waals surface area contributed by atoms with E-state index in [0.717, 1.165) is 34.1 Å². The fraction of sp³-hybridized carbons (Fsp3) is 0.0833. The molecule has 0 N–H and O–H groups in total. The quantitative estimate of drug-likeness (QED) is 0.126. The van der Waals surface area contributed by atoms with Crippen molar-refractivity contribution < 1.29 is 0 Å². The van der Waals surface area contributed by atoms with Crippen molar-refractivity contribution in [3.05, 3.63) is 287 Å². The molecule has 0 saturated heterocycles. The summed E-state index contributed by atoms with van der Waals surface area (Å²) in [6.45, 7) is 9.48. The molecule has 0 fully saturated rings. The van der Waals surface area contributed by atoms with Crippen molar-refractivity contribution in [1.29, 1.82) is 0 Å². The Morgan fingerprint density at radius 2 is 0.541 bits per heavy atom. The van der Waals surface area contributed by atoms with Gasteiger partial charge in [-0.1, -0.05) is 222 Å². The molecule has 0 heterocycles. The average molecular weight is 949 g/mol. The van der Waals surface area contributed by atoms with Crippen LogP contribution in [0.25, 0.3) is 68.1 Å². The van der Waals surface area contributed by atoms with Gasteiger partial charge in [0, 0.05) is 45.0 Å². The van der Waals surface area contributed by atoms with Crippen LogP contribution in [0.2, 0.25) is 0 Å². The molecule has 2 heteroatoms. The summed E-state index contributed by atoms with van der Waals surface area (Å²) in [4.78, 5) is 4.77. The Labute approximate surface area is 435 Å². The maximum absolute atomic E-state index is 2.43. The third-order valence-corrected chi connectivity index (χ3v) is 15.8. The van der Waals surface area contributed by atoms with Gasteiger partial charge in [-0.3, -0.25) is 0 Å². The molecule has 354 valence electrons. The molecule has 2 nitrogen and oxygen atoms in total. The molecule has 0 radical (unpaired) electrons. The number of hydrogen-bond acceptors (Lipinski definition) is 2. The molecule has 11 aromatic carbocycles. The van der Waals surface area contributed by atoms with Crippen LogP contribution < -0.4 is 9.80 Å². The van der Waals surface area contributed by atoms with Crippen LogP contribution in [0.5, 0.6) is 0 Å². The second kappa shape index (κ2) is 17.9. The Kier molecular flexibility index (Phi) is 10.9. The highest BCUT2D eigenvalue weighted by atomic mass is 15.1. The summed E-state index contributed by atoms with van der Waals surface area (Å²) in [5, 5.41) is 4.93. The zero-order chi connectivity index (χ0) is 50.0. The molecule has 0 aliphatic heterocycles. The molecule has 2 aliphatic rings. The van der Waals surface area contributed by atoms with Gasteiger partial charge in [-0.2, -0.15) is 0 Å². The van der Waals surface area contributed by atoms with Crippen LogP contribution in [0, 0.1) is 0 Å². The van der Waals surface area contributed by atoms with E-state index in [1.165, 1.54) is 88.3 Å². The highest BCUT2D eigenvalue weighted by Crippen LogP contribution is 2.53. The molecule has 13 rings (SSSR count). The summed E-state index contributed by atoms with van der Waals surface area (Å²) in [6, 6.07) is 89.0. The lowest BCUT2D eigenvalue weighted by Crippen LogP contribution is -2.16. The van der Waals surface area contributed by atoms with Crippen molar-refractivity contribution in [2.75, 3.05) is 9.80 Å². The average Bonchev–Trinajstić information content (AvgIpc) is 3.81. The highest BCUT2D eigenvalue weighted by molar-refractivity contribution is 5.94. The molecule has 0 bridgehead atoms. The molecule has 0 saturated carbocycles. The maximum Gasteiger partial charge on any atom is 0.0468 e. The third kappa shape index (κ3) is 7.91. The Morgan fingerprint density at radius 3 is 0.959 bits per heavy atom. The number of rotatable bonds is 10. The summed E-state index contributed by atoms with van der Waals surface area (Å²) >= 11 is 0. The van der Waals surface area contributed by atoms with Crippen LogP contribution >= 0.6 is 0 Å². The summed E-state index contributed by atoms with van der Waals surface area (Å²) in [7, 11) is 0. The van der Waals surface area contributed by atoms with E-state index >= 15 is 0 Å². The standard InChI is InChI=1S/C72H56N2/c1-71(2)67-43-51(31-39-63(67)65-41-37-61(47-69(65)71)73(57-19-7-5-8-20-57)58-21-9-6-10-22-58)29-27-49-23-25-50(26-24-49)28-30-52-32-40-64-66-42-38-62(48-70(66)72(3,4)68(64)44-52)74(59-35-33-53-15-11-13-17-55(53)45-59)60-36-34-54-16-12-14-18-56(54)46-60/h5-48H,1-4H3/b29-27+,30-28+. The van der Waals surface area contributed by atoms with Gasteiger partial charge >= 0.3 is 0 Å². The smallest absolute Gasteiger partial charge is 0.0468 e. The first-order valence-electron chi connectivity index (χ1n) is 25.9. The van der Waals surface area contributed by atoms with E-state index in [4.69, 9.17) is 0 Å². The van der Waals surface area contributed by atoms with Crippen molar-refractivity contribution in [3.8, 4) is 22.3 Å². The minimum atomic E-state index is -0.188. The second-order valence-electron chi connectivity index (χ2n) is 21.1. The van der Waals surface area contributed by atoms with E-state index in [1.807, 2.05) is 0 Å². The molecule has 2 aliphatic carbocycles. The first kappa shape index (κ1) is 44.9. The minimum absolute atomic E-state index is 0.153. The van der Waals surface area contributed by atoms with E-state index in [0.29, 0.717) is 0 Å². The summed E-state index contributed by atoms with van der Waals surface area (Å²) < 4.78 is 0. The molecular weight excluding hydrogens is 893 g/mol. The topological polar surface area (TPSA) is 6.48 Å². The molecule has 0 atom stereocenters. The van der Waals surface area contributed by atoms with Gasteiger partial charge in [0.2, 0.25) is 0 Å². The molecule has 0 aromatic heterocycles. The lowest BCUT2D eigenvalue weighted by atomic mass is 9.81. The van der Waals surface area contributed by atoms with Crippen LogP contribution in [0.15, 0.2) is 243 Å². The fourth-order valence-corrected chi connectivity index (χ4v) is 11.8.